The second-order valence-corrected chi connectivity index (χ2v) is 7.10. The number of hydrogen-bond donors (Lipinski definition) is 2. The molecule has 2 heterocycles. The van der Waals surface area contributed by atoms with Crippen molar-refractivity contribution in [1.29, 1.82) is 0 Å². The van der Waals surface area contributed by atoms with Crippen LogP contribution in [-0.4, -0.2) is 29.4 Å². The molecule has 0 bridgehead atoms. The highest BCUT2D eigenvalue weighted by Crippen LogP contribution is 2.47. The van der Waals surface area contributed by atoms with Gasteiger partial charge in [0.15, 0.2) is 0 Å². The Labute approximate surface area is 158 Å². The van der Waals surface area contributed by atoms with Crippen molar-refractivity contribution in [2.24, 2.45) is 0 Å². The fourth-order valence-corrected chi connectivity index (χ4v) is 3.33. The molecule has 2 N–H and O–H groups in total. The minimum Gasteiger partial charge on any atom is -0.351 e. The minimum atomic E-state index is -2.43. The number of rotatable bonds is 4. The number of carbonyl (C=O) groups is 1. The molecule has 1 atom stereocenters. The topological polar surface area (TPSA) is 54.0 Å². The van der Waals surface area contributed by atoms with E-state index < -0.39 is 5.92 Å². The Morgan fingerprint density at radius 1 is 1.19 bits per heavy atom. The molecule has 1 aromatic heterocycles. The maximum Gasteiger partial charge on any atom is 0.249 e. The van der Waals surface area contributed by atoms with E-state index in [1.165, 1.54) is 0 Å². The van der Waals surface area contributed by atoms with Crippen LogP contribution >= 0.6 is 0 Å². The van der Waals surface area contributed by atoms with E-state index in [1.54, 1.807) is 18.5 Å². The van der Waals surface area contributed by atoms with E-state index in [2.05, 4.69) is 15.6 Å². The maximum atomic E-state index is 12.5. The number of benzene rings is 1. The van der Waals surface area contributed by atoms with E-state index in [1.807, 2.05) is 36.4 Å². The van der Waals surface area contributed by atoms with Gasteiger partial charge in [-0.05, 0) is 42.5 Å². The second-order valence-electron chi connectivity index (χ2n) is 7.10. The van der Waals surface area contributed by atoms with Crippen LogP contribution < -0.4 is 10.6 Å². The number of hydrogen-bond acceptors (Lipinski definition) is 3. The van der Waals surface area contributed by atoms with Gasteiger partial charge in [0, 0.05) is 31.8 Å². The molecule has 2 aromatic rings. The fourth-order valence-electron chi connectivity index (χ4n) is 3.33. The first-order valence-electron chi connectivity index (χ1n) is 9.36. The van der Waals surface area contributed by atoms with Crippen molar-refractivity contribution < 1.29 is 13.6 Å². The Morgan fingerprint density at radius 3 is 2.56 bits per heavy atom. The Balaban J connectivity index is 0.000000159. The molecule has 4 rings (SSSR count). The van der Waals surface area contributed by atoms with Crippen LogP contribution in [0.2, 0.25) is 0 Å². The van der Waals surface area contributed by atoms with E-state index in [9.17, 15) is 13.6 Å². The van der Waals surface area contributed by atoms with E-state index in [4.69, 9.17) is 0 Å². The summed E-state index contributed by atoms with van der Waals surface area (Å²) in [6, 6.07) is 13.6. The van der Waals surface area contributed by atoms with Gasteiger partial charge in [-0.3, -0.25) is 9.78 Å². The standard InChI is InChI=1S/C12H16N2O.C9H9F2N/c15-12(11-7-4-8-13-11)14-9-10-5-2-1-3-6-10;10-9(11)4-8(5-9)7-2-1-3-12-6-7/h1-3,5-6,11,13H,4,7-9H2,(H,14,15);1-3,6,8H,4-5H2. The molecular weight excluding hydrogens is 348 g/mol. The van der Waals surface area contributed by atoms with Crippen molar-refractivity contribution in [3.05, 3.63) is 66.0 Å². The zero-order valence-electron chi connectivity index (χ0n) is 15.2. The van der Waals surface area contributed by atoms with Gasteiger partial charge < -0.3 is 10.6 Å². The molecule has 2 aliphatic rings. The third-order valence-corrected chi connectivity index (χ3v) is 4.93. The molecule has 27 heavy (non-hydrogen) atoms. The number of nitrogens with zero attached hydrogens (tertiary/aromatic N) is 1. The summed E-state index contributed by atoms with van der Waals surface area (Å²) in [5.74, 6) is -2.29. The van der Waals surface area contributed by atoms with E-state index in [0.29, 0.717) is 6.54 Å². The van der Waals surface area contributed by atoms with Crippen molar-refractivity contribution in [2.45, 2.75) is 50.1 Å². The Morgan fingerprint density at radius 2 is 1.96 bits per heavy atom. The predicted octanol–water partition coefficient (Wildman–Crippen LogP) is 3.65. The SMILES string of the molecule is FC1(F)CC(c2cccnc2)C1.O=C(NCc1ccccc1)C1CCCN1. The lowest BCUT2D eigenvalue weighted by atomic mass is 9.77. The second kappa shape index (κ2) is 9.04. The molecule has 1 aliphatic carbocycles. The molecule has 6 heteroatoms. The lowest BCUT2D eigenvalue weighted by Crippen LogP contribution is -2.39. The quantitative estimate of drug-likeness (QED) is 0.860. The Hall–Kier alpha value is -2.34. The molecule has 1 saturated carbocycles. The minimum absolute atomic E-state index is 0.0152. The summed E-state index contributed by atoms with van der Waals surface area (Å²) < 4.78 is 24.9. The van der Waals surface area contributed by atoms with Crippen LogP contribution in [-0.2, 0) is 11.3 Å². The van der Waals surface area contributed by atoms with E-state index in [-0.39, 0.29) is 30.7 Å². The maximum absolute atomic E-state index is 12.5. The summed E-state index contributed by atoms with van der Waals surface area (Å²) in [6.07, 6.45) is 5.35. The summed E-state index contributed by atoms with van der Waals surface area (Å²) in [6.45, 7) is 1.58. The molecule has 1 aliphatic heterocycles. The van der Waals surface area contributed by atoms with Crippen molar-refractivity contribution in [1.82, 2.24) is 15.6 Å². The lowest BCUT2D eigenvalue weighted by molar-refractivity contribution is -0.122. The summed E-state index contributed by atoms with van der Waals surface area (Å²) in [7, 11) is 0. The molecule has 2 fully saturated rings. The summed E-state index contributed by atoms with van der Waals surface area (Å²) >= 11 is 0. The molecule has 1 aromatic carbocycles. The average Bonchev–Trinajstić information content (AvgIpc) is 3.21. The van der Waals surface area contributed by atoms with Gasteiger partial charge in [-0.1, -0.05) is 36.4 Å². The first kappa shape index (κ1) is 19.4. The molecule has 0 radical (unpaired) electrons. The number of nitrogens with one attached hydrogen (secondary N) is 2. The van der Waals surface area contributed by atoms with Gasteiger partial charge in [0.25, 0.3) is 0 Å². The van der Waals surface area contributed by atoms with Crippen LogP contribution in [0.15, 0.2) is 54.9 Å². The van der Waals surface area contributed by atoms with Crippen molar-refractivity contribution >= 4 is 5.91 Å². The van der Waals surface area contributed by atoms with Gasteiger partial charge in [0.2, 0.25) is 11.8 Å². The first-order valence-corrected chi connectivity index (χ1v) is 9.36. The van der Waals surface area contributed by atoms with Crippen LogP contribution in [0.5, 0.6) is 0 Å². The summed E-state index contributed by atoms with van der Waals surface area (Å²) in [5, 5.41) is 6.12. The summed E-state index contributed by atoms with van der Waals surface area (Å²) in [4.78, 5) is 15.5. The first-order chi connectivity index (χ1) is 13.0. The number of pyridine rings is 1. The third kappa shape index (κ3) is 5.82. The number of carbonyl (C=O) groups excluding carboxylic acids is 1. The summed E-state index contributed by atoms with van der Waals surface area (Å²) in [5.41, 5.74) is 2.08. The average molecular weight is 373 g/mol. The highest BCUT2D eigenvalue weighted by atomic mass is 19.3. The smallest absolute Gasteiger partial charge is 0.249 e. The zero-order chi connectivity index (χ0) is 19.1. The molecular formula is C21H25F2N3O. The predicted molar refractivity (Wildman–Crippen MR) is 100 cm³/mol. The van der Waals surface area contributed by atoms with Crippen LogP contribution in [0.4, 0.5) is 8.78 Å². The van der Waals surface area contributed by atoms with E-state index >= 15 is 0 Å². The Bertz CT molecular complexity index is 711. The molecule has 1 saturated heterocycles. The van der Waals surface area contributed by atoms with Crippen LogP contribution in [0.1, 0.15) is 42.7 Å². The molecule has 1 amide bonds. The highest BCUT2D eigenvalue weighted by Gasteiger charge is 2.45. The molecule has 1 unspecified atom stereocenters. The van der Waals surface area contributed by atoms with Gasteiger partial charge in [0.1, 0.15) is 0 Å². The van der Waals surface area contributed by atoms with Crippen LogP contribution in [0, 0.1) is 0 Å². The largest absolute Gasteiger partial charge is 0.351 e. The van der Waals surface area contributed by atoms with Crippen molar-refractivity contribution in [3.63, 3.8) is 0 Å². The van der Waals surface area contributed by atoms with Crippen molar-refractivity contribution in [3.8, 4) is 0 Å². The normalized spacial score (nSPS) is 20.9. The van der Waals surface area contributed by atoms with E-state index in [0.717, 1.165) is 30.5 Å². The highest BCUT2D eigenvalue weighted by molar-refractivity contribution is 5.81. The van der Waals surface area contributed by atoms with Gasteiger partial charge >= 0.3 is 0 Å². The molecule has 4 nitrogen and oxygen atoms in total. The van der Waals surface area contributed by atoms with Gasteiger partial charge in [-0.2, -0.15) is 0 Å². The number of alkyl halides is 2. The monoisotopic (exact) mass is 373 g/mol. The van der Waals surface area contributed by atoms with Crippen LogP contribution in [0.3, 0.4) is 0 Å². The third-order valence-electron chi connectivity index (χ3n) is 4.93. The Kier molecular flexibility index (Phi) is 6.50. The fraction of sp³-hybridized carbons (Fsp3) is 0.429. The zero-order valence-corrected chi connectivity index (χ0v) is 15.2. The van der Waals surface area contributed by atoms with Crippen molar-refractivity contribution in [2.75, 3.05) is 6.54 Å². The number of amides is 1. The molecule has 144 valence electrons. The van der Waals surface area contributed by atoms with Crippen LogP contribution in [0.25, 0.3) is 0 Å². The van der Waals surface area contributed by atoms with Gasteiger partial charge in [0.05, 0.1) is 6.04 Å². The number of aromatic nitrogens is 1. The molecule has 0 spiro atoms. The van der Waals surface area contributed by atoms with Gasteiger partial charge in [-0.15, -0.1) is 0 Å². The lowest BCUT2D eigenvalue weighted by Gasteiger charge is -2.34. The van der Waals surface area contributed by atoms with Gasteiger partial charge in [-0.25, -0.2) is 8.78 Å². The number of halogens is 2.